The molecule has 0 aliphatic rings. The Labute approximate surface area is 89.6 Å². The van der Waals surface area contributed by atoms with E-state index in [1.54, 1.807) is 0 Å². The molecular weight excluding hydrogens is 172 g/mol. The van der Waals surface area contributed by atoms with E-state index in [9.17, 15) is 0 Å². The lowest BCUT2D eigenvalue weighted by Gasteiger charge is -2.17. The molecule has 86 valence electrons. The quantitative estimate of drug-likeness (QED) is 0.600. The fourth-order valence-corrected chi connectivity index (χ4v) is 1.56. The Bertz CT molecular complexity index is 115. The molecule has 0 saturated heterocycles. The molecule has 14 heavy (non-hydrogen) atoms. The van der Waals surface area contributed by atoms with Crippen LogP contribution in [0, 0.1) is 11.8 Å². The summed E-state index contributed by atoms with van der Waals surface area (Å²) in [6.07, 6.45) is 5.35. The van der Waals surface area contributed by atoms with Crippen LogP contribution in [0.5, 0.6) is 0 Å². The fraction of sp³-hybridized carbons (Fsp3) is 1.00. The van der Waals surface area contributed by atoms with E-state index in [1.807, 2.05) is 0 Å². The van der Waals surface area contributed by atoms with Crippen LogP contribution in [0.2, 0.25) is 0 Å². The number of unbranched alkanes of at least 4 members (excludes halogenated alkanes) is 1. The Morgan fingerprint density at radius 3 is 2.43 bits per heavy atom. The average Bonchev–Trinajstić information content (AvgIpc) is 2.22. The summed E-state index contributed by atoms with van der Waals surface area (Å²) in [7, 11) is 0. The number of nitrogens with two attached hydrogens (primary N) is 1. The lowest BCUT2D eigenvalue weighted by Crippen LogP contribution is -2.30. The van der Waals surface area contributed by atoms with Crippen molar-refractivity contribution >= 4 is 0 Å². The van der Waals surface area contributed by atoms with Gasteiger partial charge in [0.05, 0.1) is 0 Å². The Morgan fingerprint density at radius 1 is 1.21 bits per heavy atom. The third kappa shape index (κ3) is 7.34. The maximum Gasteiger partial charge on any atom is -0.00110 e. The highest BCUT2D eigenvalue weighted by atomic mass is 14.9. The minimum absolute atomic E-state index is 0.610. The van der Waals surface area contributed by atoms with Crippen molar-refractivity contribution in [3.05, 3.63) is 0 Å². The van der Waals surface area contributed by atoms with E-state index in [-0.39, 0.29) is 0 Å². The van der Waals surface area contributed by atoms with E-state index in [0.717, 1.165) is 19.0 Å². The molecule has 0 saturated carbocycles. The zero-order valence-corrected chi connectivity index (χ0v) is 10.2. The summed E-state index contributed by atoms with van der Waals surface area (Å²) in [5.74, 6) is 1.47. The summed E-state index contributed by atoms with van der Waals surface area (Å²) < 4.78 is 0. The van der Waals surface area contributed by atoms with E-state index in [4.69, 9.17) is 5.73 Å². The van der Waals surface area contributed by atoms with Gasteiger partial charge < -0.3 is 11.1 Å². The largest absolute Gasteiger partial charge is 0.330 e. The second-order valence-corrected chi connectivity index (χ2v) is 4.42. The van der Waals surface area contributed by atoms with Gasteiger partial charge in [-0.15, -0.1) is 0 Å². The molecule has 2 atom stereocenters. The third-order valence-corrected chi connectivity index (χ3v) is 2.87. The van der Waals surface area contributed by atoms with Crippen LogP contribution in [0.1, 0.15) is 46.5 Å². The third-order valence-electron chi connectivity index (χ3n) is 2.87. The van der Waals surface area contributed by atoms with Gasteiger partial charge in [-0.3, -0.25) is 0 Å². The van der Waals surface area contributed by atoms with Gasteiger partial charge in [-0.1, -0.05) is 40.0 Å². The zero-order valence-electron chi connectivity index (χ0n) is 10.2. The highest BCUT2D eigenvalue weighted by molar-refractivity contribution is 4.63. The monoisotopic (exact) mass is 200 g/mol. The summed E-state index contributed by atoms with van der Waals surface area (Å²) in [6.45, 7) is 9.77. The molecular formula is C12H28N2. The van der Waals surface area contributed by atoms with Gasteiger partial charge in [-0.2, -0.15) is 0 Å². The number of hydrogen-bond donors (Lipinski definition) is 2. The van der Waals surface area contributed by atoms with Crippen LogP contribution < -0.4 is 11.1 Å². The molecule has 0 aliphatic carbocycles. The predicted octanol–water partition coefficient (Wildman–Crippen LogP) is 2.39. The topological polar surface area (TPSA) is 38.0 Å². The highest BCUT2D eigenvalue weighted by Crippen LogP contribution is 2.11. The van der Waals surface area contributed by atoms with Crippen molar-refractivity contribution in [2.75, 3.05) is 19.6 Å². The fourth-order valence-electron chi connectivity index (χ4n) is 1.56. The molecule has 0 amide bonds. The van der Waals surface area contributed by atoms with E-state index in [2.05, 4.69) is 26.1 Å². The molecule has 2 nitrogen and oxygen atoms in total. The first-order valence-electron chi connectivity index (χ1n) is 6.15. The van der Waals surface area contributed by atoms with Crippen molar-refractivity contribution < 1.29 is 0 Å². The van der Waals surface area contributed by atoms with Gasteiger partial charge in [-0.25, -0.2) is 0 Å². The first kappa shape index (κ1) is 13.9. The van der Waals surface area contributed by atoms with Crippen LogP contribution in [0.3, 0.4) is 0 Å². The molecule has 0 rings (SSSR count). The lowest BCUT2D eigenvalue weighted by atomic mass is 9.99. The van der Waals surface area contributed by atoms with Crippen LogP contribution in [-0.4, -0.2) is 19.6 Å². The van der Waals surface area contributed by atoms with E-state index in [0.29, 0.717) is 5.92 Å². The molecule has 2 unspecified atom stereocenters. The van der Waals surface area contributed by atoms with Gasteiger partial charge >= 0.3 is 0 Å². The molecule has 0 aliphatic heterocycles. The summed E-state index contributed by atoms with van der Waals surface area (Å²) in [6, 6.07) is 0. The van der Waals surface area contributed by atoms with Crippen molar-refractivity contribution in [3.8, 4) is 0 Å². The molecule has 0 heterocycles. The van der Waals surface area contributed by atoms with Gasteiger partial charge in [-0.05, 0) is 37.9 Å². The number of nitrogens with one attached hydrogen (secondary N) is 1. The smallest absolute Gasteiger partial charge is 0.00110 e. The van der Waals surface area contributed by atoms with Gasteiger partial charge in [0.2, 0.25) is 0 Å². The van der Waals surface area contributed by atoms with Crippen LogP contribution in [0.15, 0.2) is 0 Å². The molecule has 3 N–H and O–H groups in total. The Morgan fingerprint density at radius 2 is 1.93 bits per heavy atom. The molecule has 0 aromatic heterocycles. The maximum absolute atomic E-state index is 5.56. The second-order valence-electron chi connectivity index (χ2n) is 4.42. The van der Waals surface area contributed by atoms with Crippen LogP contribution in [0.4, 0.5) is 0 Å². The standard InChI is InChI=1S/C12H28N2/c1-4-6-7-12(5-2)10-14-9-11(3)8-13/h11-12,14H,4-10,13H2,1-3H3. The van der Waals surface area contributed by atoms with Crippen molar-refractivity contribution in [1.29, 1.82) is 0 Å². The maximum atomic E-state index is 5.56. The zero-order chi connectivity index (χ0) is 10.8. The van der Waals surface area contributed by atoms with Crippen molar-refractivity contribution in [3.63, 3.8) is 0 Å². The minimum Gasteiger partial charge on any atom is -0.330 e. The van der Waals surface area contributed by atoms with Crippen LogP contribution in [-0.2, 0) is 0 Å². The van der Waals surface area contributed by atoms with Gasteiger partial charge in [0.1, 0.15) is 0 Å². The Hall–Kier alpha value is -0.0800. The number of hydrogen-bond acceptors (Lipinski definition) is 2. The highest BCUT2D eigenvalue weighted by Gasteiger charge is 2.05. The lowest BCUT2D eigenvalue weighted by molar-refractivity contribution is 0.401. The first-order valence-corrected chi connectivity index (χ1v) is 6.15. The molecule has 0 aromatic rings. The average molecular weight is 200 g/mol. The van der Waals surface area contributed by atoms with Crippen LogP contribution in [0.25, 0.3) is 0 Å². The Kier molecular flexibility index (Phi) is 9.42. The Balaban J connectivity index is 3.42. The molecule has 0 aromatic carbocycles. The van der Waals surface area contributed by atoms with E-state index in [1.165, 1.54) is 32.2 Å². The van der Waals surface area contributed by atoms with Gasteiger partial charge in [0.25, 0.3) is 0 Å². The van der Waals surface area contributed by atoms with Crippen molar-refractivity contribution in [1.82, 2.24) is 5.32 Å². The van der Waals surface area contributed by atoms with Gasteiger partial charge in [0, 0.05) is 0 Å². The second kappa shape index (κ2) is 9.47. The summed E-state index contributed by atoms with van der Waals surface area (Å²) in [5.41, 5.74) is 5.56. The normalized spacial score (nSPS) is 15.4. The molecule has 0 fully saturated rings. The SMILES string of the molecule is CCCCC(CC)CNCC(C)CN. The van der Waals surface area contributed by atoms with Crippen molar-refractivity contribution in [2.45, 2.75) is 46.5 Å². The summed E-state index contributed by atoms with van der Waals surface area (Å²) >= 11 is 0. The van der Waals surface area contributed by atoms with Crippen molar-refractivity contribution in [2.24, 2.45) is 17.6 Å². The van der Waals surface area contributed by atoms with Crippen LogP contribution >= 0.6 is 0 Å². The first-order chi connectivity index (χ1) is 6.74. The molecule has 0 bridgehead atoms. The minimum atomic E-state index is 0.610. The molecule has 0 radical (unpaired) electrons. The summed E-state index contributed by atoms with van der Waals surface area (Å²) in [5, 5.41) is 3.52. The van der Waals surface area contributed by atoms with Gasteiger partial charge in [0.15, 0.2) is 0 Å². The van der Waals surface area contributed by atoms with E-state index < -0.39 is 0 Å². The summed E-state index contributed by atoms with van der Waals surface area (Å²) in [4.78, 5) is 0. The number of rotatable bonds is 9. The predicted molar refractivity (Wildman–Crippen MR) is 64.4 cm³/mol. The molecule has 2 heteroatoms. The van der Waals surface area contributed by atoms with E-state index >= 15 is 0 Å². The molecule has 0 spiro atoms.